The molecule has 0 saturated carbocycles. The fourth-order valence-corrected chi connectivity index (χ4v) is 2.93. The van der Waals surface area contributed by atoms with Gasteiger partial charge in [-0.25, -0.2) is 0 Å². The van der Waals surface area contributed by atoms with Crippen molar-refractivity contribution in [2.45, 2.75) is 19.4 Å². The minimum atomic E-state index is -0.630. The molecule has 2 rings (SSSR count). The van der Waals surface area contributed by atoms with Gasteiger partial charge in [0, 0.05) is 20.9 Å². The highest BCUT2D eigenvalue weighted by Gasteiger charge is 2.15. The van der Waals surface area contributed by atoms with Crippen molar-refractivity contribution in [1.29, 1.82) is 0 Å². The first-order chi connectivity index (χ1) is 8.99. The van der Waals surface area contributed by atoms with E-state index in [1.165, 1.54) is 0 Å². The van der Waals surface area contributed by atoms with Crippen LogP contribution in [-0.2, 0) is 6.42 Å². The van der Waals surface area contributed by atoms with Crippen molar-refractivity contribution in [2.24, 2.45) is 0 Å². The number of rotatable bonds is 3. The van der Waals surface area contributed by atoms with Crippen molar-refractivity contribution in [2.75, 3.05) is 0 Å². The lowest BCUT2D eigenvalue weighted by Crippen LogP contribution is -2.05. The smallest absolute Gasteiger partial charge is 0.0834 e. The lowest BCUT2D eigenvalue weighted by Gasteiger charge is -2.16. The van der Waals surface area contributed by atoms with Crippen LogP contribution in [0.15, 0.2) is 40.9 Å². The zero-order chi connectivity index (χ0) is 14.0. The molecule has 0 aromatic heterocycles. The van der Waals surface area contributed by atoms with E-state index in [9.17, 15) is 5.11 Å². The summed E-state index contributed by atoms with van der Waals surface area (Å²) in [6.07, 6.45) is -0.231. The average Bonchev–Trinajstić information content (AvgIpc) is 2.37. The Balaban J connectivity index is 2.31. The molecule has 100 valence electrons. The minimum Gasteiger partial charge on any atom is -0.388 e. The molecule has 1 unspecified atom stereocenters. The average molecular weight is 360 g/mol. The second-order valence-corrected chi connectivity index (χ2v) is 6.15. The number of hydrogen-bond donors (Lipinski definition) is 1. The predicted molar refractivity (Wildman–Crippen MR) is 84.0 cm³/mol. The summed E-state index contributed by atoms with van der Waals surface area (Å²) in [7, 11) is 0. The number of aliphatic hydroxyl groups is 1. The second kappa shape index (κ2) is 6.27. The molecule has 0 spiro atoms. The van der Waals surface area contributed by atoms with Gasteiger partial charge in [0.05, 0.1) is 6.10 Å². The molecule has 0 saturated heterocycles. The number of aryl methyl sites for hydroxylation is 1. The maximum atomic E-state index is 10.4. The van der Waals surface area contributed by atoms with E-state index < -0.39 is 6.10 Å². The highest BCUT2D eigenvalue weighted by Crippen LogP contribution is 2.31. The van der Waals surface area contributed by atoms with Crippen LogP contribution in [0.1, 0.15) is 22.8 Å². The summed E-state index contributed by atoms with van der Waals surface area (Å²) < 4.78 is 0.942. The Morgan fingerprint density at radius 3 is 2.42 bits per heavy atom. The van der Waals surface area contributed by atoms with Crippen molar-refractivity contribution in [3.05, 3.63) is 67.6 Å². The normalized spacial score (nSPS) is 12.5. The van der Waals surface area contributed by atoms with E-state index in [0.717, 1.165) is 21.2 Å². The molecule has 1 nitrogen and oxygen atoms in total. The van der Waals surface area contributed by atoms with Gasteiger partial charge < -0.3 is 5.11 Å². The fourth-order valence-electron chi connectivity index (χ4n) is 2.00. The first kappa shape index (κ1) is 14.9. The standard InChI is InChI=1S/C15H13BrCl2O/c1-9-5-6-10(16)7-11(9)15(19)8-12-13(17)3-2-4-14(12)18/h2-7,15,19H,8H2,1H3. The van der Waals surface area contributed by atoms with E-state index >= 15 is 0 Å². The number of aliphatic hydroxyl groups excluding tert-OH is 1. The molecule has 0 amide bonds. The van der Waals surface area contributed by atoms with Gasteiger partial charge in [-0.3, -0.25) is 0 Å². The summed E-state index contributed by atoms with van der Waals surface area (Å²) in [5.74, 6) is 0. The van der Waals surface area contributed by atoms with Crippen LogP contribution in [0.25, 0.3) is 0 Å². The Bertz CT molecular complexity index is 578. The van der Waals surface area contributed by atoms with Gasteiger partial charge in [0.1, 0.15) is 0 Å². The second-order valence-electron chi connectivity index (χ2n) is 4.42. The lowest BCUT2D eigenvalue weighted by molar-refractivity contribution is 0.177. The number of hydrogen-bond acceptors (Lipinski definition) is 1. The Morgan fingerprint density at radius 1 is 1.16 bits per heavy atom. The van der Waals surface area contributed by atoms with Gasteiger partial charge in [0.15, 0.2) is 0 Å². The van der Waals surface area contributed by atoms with Crippen molar-refractivity contribution in [1.82, 2.24) is 0 Å². The number of benzene rings is 2. The monoisotopic (exact) mass is 358 g/mol. The maximum absolute atomic E-state index is 10.4. The summed E-state index contributed by atoms with van der Waals surface area (Å²) in [5.41, 5.74) is 2.70. The Morgan fingerprint density at radius 2 is 1.79 bits per heavy atom. The van der Waals surface area contributed by atoms with Crippen LogP contribution in [-0.4, -0.2) is 5.11 Å². The van der Waals surface area contributed by atoms with Gasteiger partial charge in [-0.1, -0.05) is 51.3 Å². The van der Waals surface area contributed by atoms with Gasteiger partial charge in [-0.2, -0.15) is 0 Å². The Kier molecular flexibility index (Phi) is 4.91. The third-order valence-corrected chi connectivity index (χ3v) is 4.26. The Hall–Kier alpha value is -0.540. The summed E-state index contributed by atoms with van der Waals surface area (Å²) in [6, 6.07) is 11.2. The molecule has 0 bridgehead atoms. The molecule has 2 aromatic carbocycles. The van der Waals surface area contributed by atoms with Crippen LogP contribution in [0.2, 0.25) is 10.0 Å². The third-order valence-electron chi connectivity index (χ3n) is 3.06. The topological polar surface area (TPSA) is 20.2 Å². The van der Waals surface area contributed by atoms with Crippen LogP contribution >= 0.6 is 39.1 Å². The first-order valence-electron chi connectivity index (χ1n) is 5.86. The van der Waals surface area contributed by atoms with Crippen LogP contribution in [0.5, 0.6) is 0 Å². The van der Waals surface area contributed by atoms with Crippen LogP contribution in [0, 0.1) is 6.92 Å². The predicted octanol–water partition coefficient (Wildman–Crippen LogP) is 5.34. The van der Waals surface area contributed by atoms with Gasteiger partial charge in [0.2, 0.25) is 0 Å². The van der Waals surface area contributed by atoms with Gasteiger partial charge in [-0.15, -0.1) is 0 Å². The third kappa shape index (κ3) is 3.51. The molecular weight excluding hydrogens is 347 g/mol. The van der Waals surface area contributed by atoms with Gasteiger partial charge in [0.25, 0.3) is 0 Å². The fraction of sp³-hybridized carbons (Fsp3) is 0.200. The zero-order valence-corrected chi connectivity index (χ0v) is 13.4. The molecule has 0 heterocycles. The van der Waals surface area contributed by atoms with Crippen molar-refractivity contribution in [3.8, 4) is 0 Å². The molecule has 2 aromatic rings. The molecule has 0 aliphatic rings. The largest absolute Gasteiger partial charge is 0.388 e. The highest BCUT2D eigenvalue weighted by molar-refractivity contribution is 9.10. The molecule has 1 N–H and O–H groups in total. The van der Waals surface area contributed by atoms with E-state index in [-0.39, 0.29) is 0 Å². The molecule has 19 heavy (non-hydrogen) atoms. The Labute approximate surface area is 131 Å². The molecule has 4 heteroatoms. The van der Waals surface area contributed by atoms with Crippen molar-refractivity contribution >= 4 is 39.1 Å². The van der Waals surface area contributed by atoms with Crippen LogP contribution < -0.4 is 0 Å². The maximum Gasteiger partial charge on any atom is 0.0834 e. The summed E-state index contributed by atoms with van der Waals surface area (Å²) in [4.78, 5) is 0. The molecule has 0 aliphatic carbocycles. The summed E-state index contributed by atoms with van der Waals surface area (Å²) in [5, 5.41) is 11.6. The molecule has 0 fully saturated rings. The lowest BCUT2D eigenvalue weighted by atomic mass is 9.98. The molecular formula is C15H13BrCl2O. The van der Waals surface area contributed by atoms with E-state index in [0.29, 0.717) is 16.5 Å². The van der Waals surface area contributed by atoms with E-state index in [2.05, 4.69) is 15.9 Å². The molecule has 1 atom stereocenters. The molecule has 0 aliphatic heterocycles. The number of halogens is 3. The van der Waals surface area contributed by atoms with Gasteiger partial charge >= 0.3 is 0 Å². The van der Waals surface area contributed by atoms with Crippen molar-refractivity contribution < 1.29 is 5.11 Å². The van der Waals surface area contributed by atoms with E-state index in [4.69, 9.17) is 23.2 Å². The molecule has 0 radical (unpaired) electrons. The van der Waals surface area contributed by atoms with Crippen LogP contribution in [0.3, 0.4) is 0 Å². The zero-order valence-electron chi connectivity index (χ0n) is 10.3. The van der Waals surface area contributed by atoms with E-state index in [1.54, 1.807) is 18.2 Å². The first-order valence-corrected chi connectivity index (χ1v) is 7.41. The van der Waals surface area contributed by atoms with Gasteiger partial charge in [-0.05, 0) is 47.9 Å². The quantitative estimate of drug-likeness (QED) is 0.784. The SMILES string of the molecule is Cc1ccc(Br)cc1C(O)Cc1c(Cl)cccc1Cl. The van der Waals surface area contributed by atoms with Crippen molar-refractivity contribution in [3.63, 3.8) is 0 Å². The minimum absolute atomic E-state index is 0.399. The highest BCUT2D eigenvalue weighted by atomic mass is 79.9. The summed E-state index contributed by atoms with van der Waals surface area (Å²) >= 11 is 15.7. The van der Waals surface area contributed by atoms with E-state index in [1.807, 2.05) is 25.1 Å². The summed E-state index contributed by atoms with van der Waals surface area (Å²) in [6.45, 7) is 1.97. The van der Waals surface area contributed by atoms with Crippen LogP contribution in [0.4, 0.5) is 0 Å².